The van der Waals surface area contributed by atoms with Gasteiger partial charge in [-0.15, -0.1) is 0 Å². The average molecular weight is 377 g/mol. The summed E-state index contributed by atoms with van der Waals surface area (Å²) in [5, 5.41) is 11.3. The van der Waals surface area contributed by atoms with Gasteiger partial charge in [-0.1, -0.05) is 12.1 Å². The van der Waals surface area contributed by atoms with Crippen LogP contribution in [-0.4, -0.2) is 22.5 Å². The molecule has 1 aromatic carbocycles. The van der Waals surface area contributed by atoms with Crippen molar-refractivity contribution in [1.82, 2.24) is 4.98 Å². The van der Waals surface area contributed by atoms with Crippen LogP contribution in [0.2, 0.25) is 0 Å². The maximum absolute atomic E-state index is 11.8. The number of carbonyl (C=O) groups is 1. The van der Waals surface area contributed by atoms with E-state index in [0.717, 1.165) is 5.56 Å². The SMILES string of the molecule is CCOC(=O)c1cc(Br)c(/C=C/c2cccnc2)c([N+](=O)[O-])c1. The fourth-order valence-corrected chi connectivity index (χ4v) is 2.49. The fraction of sp³-hybridized carbons (Fsp3) is 0.125. The first kappa shape index (κ1) is 16.8. The summed E-state index contributed by atoms with van der Waals surface area (Å²) in [5.41, 5.74) is 1.13. The molecule has 2 aromatic rings. The van der Waals surface area contributed by atoms with Gasteiger partial charge in [0.25, 0.3) is 5.69 Å². The van der Waals surface area contributed by atoms with Crippen molar-refractivity contribution in [2.75, 3.05) is 6.61 Å². The Kier molecular flexibility index (Phi) is 5.59. The molecule has 23 heavy (non-hydrogen) atoms. The Hall–Kier alpha value is -2.54. The minimum atomic E-state index is -0.598. The van der Waals surface area contributed by atoms with Gasteiger partial charge in [0.05, 0.1) is 22.7 Å². The molecule has 7 heteroatoms. The third kappa shape index (κ3) is 4.23. The Morgan fingerprint density at radius 2 is 2.22 bits per heavy atom. The van der Waals surface area contributed by atoms with Crippen LogP contribution in [0.25, 0.3) is 12.2 Å². The maximum Gasteiger partial charge on any atom is 0.338 e. The lowest BCUT2D eigenvalue weighted by Gasteiger charge is -2.06. The van der Waals surface area contributed by atoms with Gasteiger partial charge < -0.3 is 4.74 Å². The van der Waals surface area contributed by atoms with Crippen LogP contribution in [0.15, 0.2) is 41.1 Å². The standard InChI is InChI=1S/C16H13BrN2O4/c1-2-23-16(20)12-8-14(17)13(15(9-12)19(21)22)6-5-11-4-3-7-18-10-11/h3-10H,2H2,1H3/b6-5+. The number of pyridine rings is 1. The number of rotatable bonds is 5. The van der Waals surface area contributed by atoms with E-state index in [0.29, 0.717) is 10.0 Å². The first-order valence-electron chi connectivity index (χ1n) is 6.76. The van der Waals surface area contributed by atoms with Gasteiger partial charge in [0, 0.05) is 22.9 Å². The van der Waals surface area contributed by atoms with Gasteiger partial charge in [0.15, 0.2) is 0 Å². The van der Waals surface area contributed by atoms with E-state index < -0.39 is 10.9 Å². The third-order valence-electron chi connectivity index (χ3n) is 2.94. The summed E-state index contributed by atoms with van der Waals surface area (Å²) in [4.78, 5) is 26.5. The van der Waals surface area contributed by atoms with Gasteiger partial charge in [0.2, 0.25) is 0 Å². The summed E-state index contributed by atoms with van der Waals surface area (Å²) in [6.07, 6.45) is 6.60. The smallest absolute Gasteiger partial charge is 0.338 e. The maximum atomic E-state index is 11.8. The lowest BCUT2D eigenvalue weighted by molar-refractivity contribution is -0.385. The van der Waals surface area contributed by atoms with Crippen molar-refractivity contribution in [3.8, 4) is 0 Å². The number of halogens is 1. The molecule has 0 bridgehead atoms. The summed E-state index contributed by atoms with van der Waals surface area (Å²) in [7, 11) is 0. The predicted octanol–water partition coefficient (Wildman–Crippen LogP) is 4.10. The average Bonchev–Trinajstić information content (AvgIpc) is 2.54. The molecular weight excluding hydrogens is 364 g/mol. The van der Waals surface area contributed by atoms with E-state index in [1.54, 1.807) is 37.5 Å². The molecule has 1 aromatic heterocycles. The molecule has 0 fully saturated rings. The van der Waals surface area contributed by atoms with Gasteiger partial charge in [-0.25, -0.2) is 4.79 Å². The first-order valence-corrected chi connectivity index (χ1v) is 7.55. The molecule has 6 nitrogen and oxygen atoms in total. The normalized spacial score (nSPS) is 10.7. The summed E-state index contributed by atoms with van der Waals surface area (Å²) in [6.45, 7) is 1.87. The highest BCUT2D eigenvalue weighted by Gasteiger charge is 2.20. The van der Waals surface area contributed by atoms with E-state index in [4.69, 9.17) is 4.74 Å². The van der Waals surface area contributed by atoms with Gasteiger partial charge in [-0.3, -0.25) is 15.1 Å². The van der Waals surface area contributed by atoms with Crippen molar-refractivity contribution in [2.24, 2.45) is 0 Å². The number of esters is 1. The fourth-order valence-electron chi connectivity index (χ4n) is 1.91. The lowest BCUT2D eigenvalue weighted by atomic mass is 10.1. The highest BCUT2D eigenvalue weighted by Crippen LogP contribution is 2.31. The summed E-state index contributed by atoms with van der Waals surface area (Å²) in [6, 6.07) is 6.32. The van der Waals surface area contributed by atoms with Crippen molar-refractivity contribution >= 4 is 39.7 Å². The molecule has 118 valence electrons. The van der Waals surface area contributed by atoms with E-state index in [1.807, 2.05) is 6.07 Å². The molecule has 0 aliphatic rings. The number of nitro benzene ring substituents is 1. The van der Waals surface area contributed by atoms with Gasteiger partial charge in [-0.2, -0.15) is 0 Å². The third-order valence-corrected chi connectivity index (χ3v) is 3.60. The Labute approximate surface area is 141 Å². The van der Waals surface area contributed by atoms with Crippen LogP contribution in [-0.2, 0) is 4.74 Å². The molecule has 2 rings (SSSR count). The minimum absolute atomic E-state index is 0.129. The van der Waals surface area contributed by atoms with E-state index in [1.165, 1.54) is 12.1 Å². The number of nitro groups is 1. The molecule has 0 unspecified atom stereocenters. The molecule has 0 spiro atoms. The van der Waals surface area contributed by atoms with Crippen LogP contribution in [0, 0.1) is 10.1 Å². The Morgan fingerprint density at radius 1 is 1.43 bits per heavy atom. The summed E-state index contributed by atoms with van der Waals surface area (Å²) < 4.78 is 5.32. The largest absolute Gasteiger partial charge is 0.462 e. The highest BCUT2D eigenvalue weighted by atomic mass is 79.9. The second kappa shape index (κ2) is 7.64. The number of benzene rings is 1. The van der Waals surface area contributed by atoms with Crippen LogP contribution in [0.1, 0.15) is 28.4 Å². The molecule has 0 amide bonds. The van der Waals surface area contributed by atoms with Crippen molar-refractivity contribution in [2.45, 2.75) is 6.92 Å². The second-order valence-corrected chi connectivity index (χ2v) is 5.34. The quantitative estimate of drug-likeness (QED) is 0.445. The number of hydrogen-bond donors (Lipinski definition) is 0. The monoisotopic (exact) mass is 376 g/mol. The second-order valence-electron chi connectivity index (χ2n) is 4.49. The number of carbonyl (C=O) groups excluding carboxylic acids is 1. The van der Waals surface area contributed by atoms with Crippen molar-refractivity contribution in [3.63, 3.8) is 0 Å². The Bertz CT molecular complexity index is 760. The zero-order valence-corrected chi connectivity index (χ0v) is 13.8. The zero-order valence-electron chi connectivity index (χ0n) is 12.2. The van der Waals surface area contributed by atoms with Gasteiger partial charge in [-0.05, 0) is 46.6 Å². The molecular formula is C16H13BrN2O4. The first-order chi connectivity index (χ1) is 11.0. The highest BCUT2D eigenvalue weighted by molar-refractivity contribution is 9.10. The summed E-state index contributed by atoms with van der Waals surface area (Å²) in [5.74, 6) is -0.598. The summed E-state index contributed by atoms with van der Waals surface area (Å²) >= 11 is 3.28. The van der Waals surface area contributed by atoms with E-state index in [9.17, 15) is 14.9 Å². The van der Waals surface area contributed by atoms with E-state index in [2.05, 4.69) is 20.9 Å². The molecule has 0 saturated heterocycles. The van der Waals surface area contributed by atoms with Crippen molar-refractivity contribution in [1.29, 1.82) is 0 Å². The molecule has 0 aliphatic heterocycles. The lowest BCUT2D eigenvalue weighted by Crippen LogP contribution is -2.06. The Balaban J connectivity index is 2.45. The van der Waals surface area contributed by atoms with Gasteiger partial charge in [0.1, 0.15) is 0 Å². The van der Waals surface area contributed by atoms with Crippen LogP contribution < -0.4 is 0 Å². The van der Waals surface area contributed by atoms with Crippen LogP contribution in [0.4, 0.5) is 5.69 Å². The Morgan fingerprint density at radius 3 is 2.83 bits per heavy atom. The molecule has 0 radical (unpaired) electrons. The molecule has 1 heterocycles. The van der Waals surface area contributed by atoms with Gasteiger partial charge >= 0.3 is 5.97 Å². The van der Waals surface area contributed by atoms with Crippen molar-refractivity contribution < 1.29 is 14.5 Å². The van der Waals surface area contributed by atoms with Crippen LogP contribution in [0.5, 0.6) is 0 Å². The van der Waals surface area contributed by atoms with Crippen LogP contribution in [0.3, 0.4) is 0 Å². The molecule has 0 atom stereocenters. The minimum Gasteiger partial charge on any atom is -0.462 e. The molecule has 0 aliphatic carbocycles. The molecule has 0 N–H and O–H groups in total. The number of ether oxygens (including phenoxy) is 1. The zero-order chi connectivity index (χ0) is 16.8. The predicted molar refractivity (Wildman–Crippen MR) is 89.9 cm³/mol. The van der Waals surface area contributed by atoms with E-state index >= 15 is 0 Å². The van der Waals surface area contributed by atoms with E-state index in [-0.39, 0.29) is 17.9 Å². The number of nitrogens with zero attached hydrogens (tertiary/aromatic N) is 2. The number of hydrogen-bond acceptors (Lipinski definition) is 5. The number of aromatic nitrogens is 1. The topological polar surface area (TPSA) is 82.3 Å². The molecule has 0 saturated carbocycles. The van der Waals surface area contributed by atoms with Crippen LogP contribution >= 0.6 is 15.9 Å². The van der Waals surface area contributed by atoms with Crippen molar-refractivity contribution in [3.05, 3.63) is 67.9 Å².